The topological polar surface area (TPSA) is 70.0 Å². The van der Waals surface area contributed by atoms with Gasteiger partial charge in [-0.25, -0.2) is 0 Å². The van der Waals surface area contributed by atoms with Crippen molar-refractivity contribution in [2.75, 3.05) is 35.5 Å². The van der Waals surface area contributed by atoms with E-state index in [1.54, 1.807) is 65.9 Å². The van der Waals surface area contributed by atoms with E-state index in [4.69, 9.17) is 29.1 Å². The van der Waals surface area contributed by atoms with Crippen molar-refractivity contribution in [3.8, 4) is 28.7 Å². The molecule has 1 unspecified atom stereocenters. The van der Waals surface area contributed by atoms with Gasteiger partial charge in [0.1, 0.15) is 28.7 Å². The quantitative estimate of drug-likeness (QED) is 0.468. The zero-order chi connectivity index (χ0) is 21.4. The van der Waals surface area contributed by atoms with E-state index in [9.17, 15) is 0 Å². The normalized spacial score (nSPS) is 11.6. The summed E-state index contributed by atoms with van der Waals surface area (Å²) in [5.41, 5.74) is 1.64. The van der Waals surface area contributed by atoms with Gasteiger partial charge in [-0.1, -0.05) is 24.8 Å². The van der Waals surface area contributed by atoms with Gasteiger partial charge in [0.2, 0.25) is 0 Å². The largest absolute Gasteiger partial charge is 0.496 e. The maximum Gasteiger partial charge on any atom is 0.130 e. The molecule has 6 nitrogen and oxygen atoms in total. The minimum Gasteiger partial charge on any atom is -0.496 e. The Hall–Kier alpha value is -3.41. The summed E-state index contributed by atoms with van der Waals surface area (Å²) in [6.07, 6.45) is 5.00. The molecule has 0 aliphatic rings. The third kappa shape index (κ3) is 4.54. The lowest BCUT2D eigenvalue weighted by Crippen LogP contribution is -2.16. The average molecular weight is 397 g/mol. The van der Waals surface area contributed by atoms with Gasteiger partial charge in [0.25, 0.3) is 0 Å². The van der Waals surface area contributed by atoms with Crippen LogP contribution in [0, 0.1) is 5.41 Å². The molecule has 1 atom stereocenters. The van der Waals surface area contributed by atoms with Crippen molar-refractivity contribution in [3.05, 3.63) is 66.3 Å². The van der Waals surface area contributed by atoms with Crippen LogP contribution in [0.4, 0.5) is 0 Å². The standard InChI is InChI=1S/C23H27NO5/c1-7-8-10-16(24)21(22-17(26-3)11-9-12-18(22)27-4)23-19(28-5)13-15(25-2)14-20(23)29-6/h7-14,21,24H,1H2,2-6H3/b10-8-,24-16?. The molecular weight excluding hydrogens is 370 g/mol. The van der Waals surface area contributed by atoms with Crippen LogP contribution in [-0.2, 0) is 0 Å². The molecule has 0 heterocycles. The highest BCUT2D eigenvalue weighted by Gasteiger charge is 2.31. The van der Waals surface area contributed by atoms with Crippen molar-refractivity contribution < 1.29 is 23.7 Å². The molecule has 0 saturated heterocycles. The van der Waals surface area contributed by atoms with E-state index >= 15 is 0 Å². The van der Waals surface area contributed by atoms with Crippen molar-refractivity contribution in [3.63, 3.8) is 0 Å². The number of allylic oxidation sites excluding steroid dienone is 3. The molecular formula is C23H27NO5. The first-order chi connectivity index (χ1) is 14.1. The van der Waals surface area contributed by atoms with E-state index in [0.717, 1.165) is 0 Å². The molecule has 2 aromatic carbocycles. The summed E-state index contributed by atoms with van der Waals surface area (Å²) in [6.45, 7) is 3.70. The van der Waals surface area contributed by atoms with E-state index in [1.807, 2.05) is 18.2 Å². The summed E-state index contributed by atoms with van der Waals surface area (Å²) in [7, 11) is 7.88. The van der Waals surface area contributed by atoms with Crippen LogP contribution in [0.15, 0.2) is 55.1 Å². The Morgan fingerprint density at radius 2 is 1.31 bits per heavy atom. The maximum atomic E-state index is 8.82. The lowest BCUT2D eigenvalue weighted by molar-refractivity contribution is 0.365. The van der Waals surface area contributed by atoms with Gasteiger partial charge >= 0.3 is 0 Å². The van der Waals surface area contributed by atoms with Gasteiger partial charge in [0, 0.05) is 23.4 Å². The fraction of sp³-hybridized carbons (Fsp3) is 0.261. The van der Waals surface area contributed by atoms with Crippen LogP contribution in [0.5, 0.6) is 28.7 Å². The molecule has 0 fully saturated rings. The summed E-state index contributed by atoms with van der Waals surface area (Å²) in [4.78, 5) is 0. The smallest absolute Gasteiger partial charge is 0.130 e. The van der Waals surface area contributed by atoms with Gasteiger partial charge < -0.3 is 29.1 Å². The lowest BCUT2D eigenvalue weighted by Gasteiger charge is -2.26. The van der Waals surface area contributed by atoms with Crippen LogP contribution >= 0.6 is 0 Å². The molecule has 29 heavy (non-hydrogen) atoms. The molecule has 0 radical (unpaired) electrons. The second kappa shape index (κ2) is 10.2. The average Bonchev–Trinajstić information content (AvgIpc) is 2.77. The number of methoxy groups -OCH3 is 5. The SMILES string of the molecule is C=C/C=C\C(=N)C(c1c(OC)cccc1OC)c1c(OC)cc(OC)cc1OC. The Morgan fingerprint density at radius 3 is 1.72 bits per heavy atom. The van der Waals surface area contributed by atoms with Crippen LogP contribution in [0.1, 0.15) is 17.0 Å². The fourth-order valence-electron chi connectivity index (χ4n) is 3.20. The van der Waals surface area contributed by atoms with Gasteiger partial charge in [-0.15, -0.1) is 0 Å². The number of rotatable bonds is 10. The van der Waals surface area contributed by atoms with E-state index in [1.165, 1.54) is 0 Å². The molecule has 0 aromatic heterocycles. The number of ether oxygens (including phenoxy) is 5. The first-order valence-electron chi connectivity index (χ1n) is 8.94. The number of hydrogen-bond acceptors (Lipinski definition) is 6. The predicted octanol–water partition coefficient (Wildman–Crippen LogP) is 4.62. The lowest BCUT2D eigenvalue weighted by atomic mass is 9.84. The molecule has 0 aliphatic carbocycles. The molecule has 0 bridgehead atoms. The Balaban J connectivity index is 2.90. The Bertz CT molecular complexity index is 857. The Morgan fingerprint density at radius 1 is 0.828 bits per heavy atom. The molecule has 6 heteroatoms. The zero-order valence-electron chi connectivity index (χ0n) is 17.4. The number of hydrogen-bond donors (Lipinski definition) is 1. The van der Waals surface area contributed by atoms with Crippen molar-refractivity contribution in [1.29, 1.82) is 5.41 Å². The monoisotopic (exact) mass is 397 g/mol. The van der Waals surface area contributed by atoms with Crippen molar-refractivity contribution >= 4 is 5.71 Å². The molecule has 1 N–H and O–H groups in total. The zero-order valence-corrected chi connectivity index (χ0v) is 17.4. The minimum atomic E-state index is -0.590. The second-order valence-corrected chi connectivity index (χ2v) is 6.00. The number of nitrogens with one attached hydrogen (secondary N) is 1. The molecule has 0 spiro atoms. The highest BCUT2D eigenvalue weighted by atomic mass is 16.5. The van der Waals surface area contributed by atoms with Crippen molar-refractivity contribution in [2.24, 2.45) is 0 Å². The predicted molar refractivity (Wildman–Crippen MR) is 115 cm³/mol. The van der Waals surface area contributed by atoms with Gasteiger partial charge in [0.15, 0.2) is 0 Å². The fourth-order valence-corrected chi connectivity index (χ4v) is 3.20. The molecule has 154 valence electrons. The molecule has 0 amide bonds. The molecule has 0 aliphatic heterocycles. The minimum absolute atomic E-state index is 0.287. The highest BCUT2D eigenvalue weighted by Crippen LogP contribution is 2.47. The summed E-state index contributed by atoms with van der Waals surface area (Å²) >= 11 is 0. The molecule has 2 rings (SSSR count). The van der Waals surface area contributed by atoms with Gasteiger partial charge in [-0.3, -0.25) is 0 Å². The first kappa shape index (κ1) is 21.9. The second-order valence-electron chi connectivity index (χ2n) is 6.00. The van der Waals surface area contributed by atoms with Gasteiger partial charge in [-0.2, -0.15) is 0 Å². The van der Waals surface area contributed by atoms with Crippen molar-refractivity contribution in [2.45, 2.75) is 5.92 Å². The summed E-state index contributed by atoms with van der Waals surface area (Å²) in [5.74, 6) is 2.22. The Labute approximate surface area is 171 Å². The summed E-state index contributed by atoms with van der Waals surface area (Å²) in [5, 5.41) is 8.82. The number of benzene rings is 2. The van der Waals surface area contributed by atoms with Crippen LogP contribution in [0.3, 0.4) is 0 Å². The Kier molecular flexibility index (Phi) is 7.71. The van der Waals surface area contributed by atoms with E-state index in [0.29, 0.717) is 39.9 Å². The van der Waals surface area contributed by atoms with E-state index in [-0.39, 0.29) is 5.71 Å². The third-order valence-electron chi connectivity index (χ3n) is 4.52. The van der Waals surface area contributed by atoms with Crippen LogP contribution < -0.4 is 23.7 Å². The molecule has 0 saturated carbocycles. The maximum absolute atomic E-state index is 8.82. The van der Waals surface area contributed by atoms with E-state index in [2.05, 4.69) is 6.58 Å². The van der Waals surface area contributed by atoms with Crippen molar-refractivity contribution in [1.82, 2.24) is 0 Å². The van der Waals surface area contributed by atoms with Crippen LogP contribution in [-0.4, -0.2) is 41.3 Å². The molecule has 2 aromatic rings. The highest BCUT2D eigenvalue weighted by molar-refractivity contribution is 6.02. The van der Waals surface area contributed by atoms with Crippen LogP contribution in [0.25, 0.3) is 0 Å². The third-order valence-corrected chi connectivity index (χ3v) is 4.52. The summed E-state index contributed by atoms with van der Waals surface area (Å²) in [6, 6.07) is 9.02. The van der Waals surface area contributed by atoms with Crippen LogP contribution in [0.2, 0.25) is 0 Å². The van der Waals surface area contributed by atoms with Gasteiger partial charge in [0.05, 0.1) is 47.0 Å². The van der Waals surface area contributed by atoms with E-state index < -0.39 is 5.92 Å². The first-order valence-corrected chi connectivity index (χ1v) is 8.94. The summed E-state index contributed by atoms with van der Waals surface area (Å²) < 4.78 is 27.9. The van der Waals surface area contributed by atoms with Gasteiger partial charge in [-0.05, 0) is 18.2 Å².